The number of nitrogens with one attached hydrogen (secondary N) is 1. The molecule has 0 aliphatic rings. The number of hydrogen-bond donors (Lipinski definition) is 1. The Morgan fingerprint density at radius 1 is 0.700 bits per heavy atom. The first kappa shape index (κ1) is 24.7. The van der Waals surface area contributed by atoms with Crippen molar-refractivity contribution in [1.29, 1.82) is 0 Å². The van der Waals surface area contributed by atoms with Gasteiger partial charge in [-0.3, -0.25) is 0 Å². The number of allylic oxidation sites excluding steroid dienone is 4. The van der Waals surface area contributed by atoms with Gasteiger partial charge in [0.05, 0.1) is 0 Å². The predicted octanol–water partition coefficient (Wildman–Crippen LogP) is 9.13. The number of hydrogen-bond acceptors (Lipinski definition) is 1. The highest BCUT2D eigenvalue weighted by atomic mass is 14.9. The van der Waals surface area contributed by atoms with E-state index >= 15 is 0 Å². The summed E-state index contributed by atoms with van der Waals surface area (Å²) in [4.78, 5) is 0. The molecule has 0 aliphatic carbocycles. The van der Waals surface area contributed by atoms with E-state index in [9.17, 15) is 0 Å². The SMILES string of the molecule is C/C=C\C(=C/C)Nc1cc(-c2ccccc2)cc(-c2ccccc2)c1.C=CC.CC. The van der Waals surface area contributed by atoms with Crippen LogP contribution in [0.1, 0.15) is 34.6 Å². The van der Waals surface area contributed by atoms with Crippen LogP contribution in [0, 0.1) is 0 Å². The zero-order valence-corrected chi connectivity index (χ0v) is 19.0. The Kier molecular flexibility index (Phi) is 12.1. The standard InChI is InChI=1S/C24H23N.C3H6.C2H6/c1-3-11-23(4-2)25-24-17-21(19-12-7-5-8-13-19)16-22(18-24)20-14-9-6-10-15-20;1-3-2;1-2/h3-18,25H,1-2H3;3H,1H2,2H3;1-2H3/b11-3-,23-4+;;. The van der Waals surface area contributed by atoms with Crippen molar-refractivity contribution >= 4 is 5.69 Å². The Morgan fingerprint density at radius 3 is 1.50 bits per heavy atom. The fraction of sp³-hybridized carbons (Fsp3) is 0.172. The van der Waals surface area contributed by atoms with Crippen molar-refractivity contribution in [1.82, 2.24) is 0 Å². The summed E-state index contributed by atoms with van der Waals surface area (Å²) in [6, 6.07) is 27.7. The molecule has 1 heteroatoms. The van der Waals surface area contributed by atoms with Gasteiger partial charge in [-0.15, -0.1) is 6.58 Å². The average molecular weight is 398 g/mol. The smallest absolute Gasteiger partial charge is 0.0396 e. The van der Waals surface area contributed by atoms with E-state index in [1.54, 1.807) is 6.08 Å². The minimum atomic E-state index is 1.09. The lowest BCUT2D eigenvalue weighted by Crippen LogP contribution is -1.97. The molecular weight excluding hydrogens is 362 g/mol. The minimum absolute atomic E-state index is 1.09. The van der Waals surface area contributed by atoms with Crippen LogP contribution in [0.2, 0.25) is 0 Å². The van der Waals surface area contributed by atoms with Gasteiger partial charge in [-0.25, -0.2) is 0 Å². The highest BCUT2D eigenvalue weighted by molar-refractivity contribution is 5.78. The number of benzene rings is 3. The normalized spacial score (nSPS) is 10.4. The molecule has 0 spiro atoms. The van der Waals surface area contributed by atoms with Gasteiger partial charge >= 0.3 is 0 Å². The van der Waals surface area contributed by atoms with Gasteiger partial charge in [0.25, 0.3) is 0 Å². The number of anilines is 1. The molecule has 0 bridgehead atoms. The van der Waals surface area contributed by atoms with Crippen molar-refractivity contribution < 1.29 is 0 Å². The molecule has 1 nitrogen and oxygen atoms in total. The van der Waals surface area contributed by atoms with Crippen LogP contribution in [0.4, 0.5) is 5.69 Å². The highest BCUT2D eigenvalue weighted by Gasteiger charge is 2.06. The van der Waals surface area contributed by atoms with E-state index in [0.29, 0.717) is 0 Å². The second-order valence-corrected chi connectivity index (χ2v) is 6.31. The van der Waals surface area contributed by atoms with Gasteiger partial charge in [-0.05, 0) is 67.3 Å². The molecule has 0 saturated heterocycles. The first-order valence-corrected chi connectivity index (χ1v) is 10.6. The molecule has 156 valence electrons. The summed E-state index contributed by atoms with van der Waals surface area (Å²) in [5.74, 6) is 0. The van der Waals surface area contributed by atoms with Crippen LogP contribution >= 0.6 is 0 Å². The summed E-state index contributed by atoms with van der Waals surface area (Å²) in [7, 11) is 0. The van der Waals surface area contributed by atoms with E-state index in [1.165, 1.54) is 22.3 Å². The highest BCUT2D eigenvalue weighted by Crippen LogP contribution is 2.31. The van der Waals surface area contributed by atoms with Crippen LogP contribution in [0.3, 0.4) is 0 Å². The van der Waals surface area contributed by atoms with E-state index in [1.807, 2.05) is 52.8 Å². The van der Waals surface area contributed by atoms with Crippen LogP contribution in [-0.2, 0) is 0 Å². The third kappa shape index (κ3) is 7.97. The third-order valence-corrected chi connectivity index (χ3v) is 4.09. The zero-order valence-electron chi connectivity index (χ0n) is 19.0. The molecule has 0 fully saturated rings. The first-order valence-electron chi connectivity index (χ1n) is 10.6. The van der Waals surface area contributed by atoms with Crippen LogP contribution < -0.4 is 5.32 Å². The maximum absolute atomic E-state index is 3.52. The summed E-state index contributed by atoms with van der Waals surface area (Å²) < 4.78 is 0. The monoisotopic (exact) mass is 397 g/mol. The van der Waals surface area contributed by atoms with Gasteiger partial charge < -0.3 is 5.32 Å². The molecule has 0 unspecified atom stereocenters. The Balaban J connectivity index is 0.000000826. The number of rotatable bonds is 5. The molecule has 0 atom stereocenters. The summed E-state index contributed by atoms with van der Waals surface area (Å²) in [6.45, 7) is 13.3. The maximum Gasteiger partial charge on any atom is 0.0396 e. The van der Waals surface area contributed by atoms with Crippen LogP contribution in [-0.4, -0.2) is 0 Å². The Bertz CT molecular complexity index is 861. The molecule has 3 aromatic rings. The van der Waals surface area contributed by atoms with Crippen LogP contribution in [0.15, 0.2) is 115 Å². The molecule has 1 N–H and O–H groups in total. The molecule has 3 rings (SSSR count). The quantitative estimate of drug-likeness (QED) is 0.334. The van der Waals surface area contributed by atoms with Gasteiger partial charge in [0, 0.05) is 11.4 Å². The second kappa shape index (κ2) is 14.6. The van der Waals surface area contributed by atoms with Crippen LogP contribution in [0.25, 0.3) is 22.3 Å². The van der Waals surface area contributed by atoms with Crippen molar-refractivity contribution in [2.45, 2.75) is 34.6 Å². The maximum atomic E-state index is 3.52. The van der Waals surface area contributed by atoms with E-state index in [0.717, 1.165) is 11.4 Å². The van der Waals surface area contributed by atoms with Gasteiger partial charge in [-0.2, -0.15) is 0 Å². The van der Waals surface area contributed by atoms with Crippen molar-refractivity contribution in [2.24, 2.45) is 0 Å². The molecule has 0 heterocycles. The van der Waals surface area contributed by atoms with Gasteiger partial charge in [-0.1, -0.05) is 92.7 Å². The Hall–Kier alpha value is -3.32. The summed E-state index contributed by atoms with van der Waals surface area (Å²) in [5, 5.41) is 3.52. The lowest BCUT2D eigenvalue weighted by molar-refractivity contribution is 1.43. The molecule has 3 aromatic carbocycles. The molecule has 0 aliphatic heterocycles. The lowest BCUT2D eigenvalue weighted by atomic mass is 9.98. The average Bonchev–Trinajstić information content (AvgIpc) is 2.81. The van der Waals surface area contributed by atoms with E-state index in [-0.39, 0.29) is 0 Å². The van der Waals surface area contributed by atoms with E-state index in [4.69, 9.17) is 0 Å². The molecule has 0 saturated carbocycles. The van der Waals surface area contributed by atoms with E-state index in [2.05, 4.69) is 90.8 Å². The fourth-order valence-electron chi connectivity index (χ4n) is 2.85. The van der Waals surface area contributed by atoms with Crippen molar-refractivity contribution in [2.75, 3.05) is 5.32 Å². The molecule has 0 amide bonds. The minimum Gasteiger partial charge on any atom is -0.356 e. The predicted molar refractivity (Wildman–Crippen MR) is 137 cm³/mol. The van der Waals surface area contributed by atoms with Gasteiger partial charge in [0.1, 0.15) is 0 Å². The summed E-state index contributed by atoms with van der Waals surface area (Å²) in [6.07, 6.45) is 7.95. The molecule has 0 aromatic heterocycles. The van der Waals surface area contributed by atoms with Crippen molar-refractivity contribution in [3.05, 3.63) is 115 Å². The molecular formula is C29H35N. The van der Waals surface area contributed by atoms with Gasteiger partial charge in [0.2, 0.25) is 0 Å². The van der Waals surface area contributed by atoms with Crippen molar-refractivity contribution in [3.63, 3.8) is 0 Å². The second-order valence-electron chi connectivity index (χ2n) is 6.31. The fourth-order valence-corrected chi connectivity index (χ4v) is 2.85. The largest absolute Gasteiger partial charge is 0.356 e. The summed E-state index contributed by atoms with van der Waals surface area (Å²) >= 11 is 0. The zero-order chi connectivity index (χ0) is 22.2. The van der Waals surface area contributed by atoms with Crippen molar-refractivity contribution in [3.8, 4) is 22.3 Å². The molecule has 30 heavy (non-hydrogen) atoms. The Labute approximate surface area is 183 Å². The van der Waals surface area contributed by atoms with Crippen LogP contribution in [0.5, 0.6) is 0 Å². The first-order chi connectivity index (χ1) is 14.7. The molecule has 0 radical (unpaired) electrons. The van der Waals surface area contributed by atoms with Gasteiger partial charge in [0.15, 0.2) is 0 Å². The third-order valence-electron chi connectivity index (χ3n) is 4.09. The topological polar surface area (TPSA) is 12.0 Å². The summed E-state index contributed by atoms with van der Waals surface area (Å²) in [5.41, 5.74) is 7.03. The van der Waals surface area contributed by atoms with E-state index < -0.39 is 0 Å². The Morgan fingerprint density at radius 2 is 1.13 bits per heavy atom. The lowest BCUT2D eigenvalue weighted by Gasteiger charge is -2.13.